The number of fused-ring (bicyclic) bond motifs is 1. The van der Waals surface area contributed by atoms with Crippen molar-refractivity contribution in [3.8, 4) is 23.0 Å². The van der Waals surface area contributed by atoms with E-state index in [4.69, 9.17) is 23.7 Å². The highest BCUT2D eigenvalue weighted by molar-refractivity contribution is 5.77. The quantitative estimate of drug-likeness (QED) is 0.227. The van der Waals surface area contributed by atoms with Crippen LogP contribution < -0.4 is 9.47 Å². The van der Waals surface area contributed by atoms with Crippen LogP contribution in [0.5, 0.6) is 23.0 Å². The van der Waals surface area contributed by atoms with Crippen LogP contribution in [-0.2, 0) is 30.2 Å². The monoisotopic (exact) mass is 556 g/mol. The van der Waals surface area contributed by atoms with Crippen molar-refractivity contribution in [3.05, 3.63) is 58.7 Å². The normalized spacial score (nSPS) is 24.8. The van der Waals surface area contributed by atoms with Gasteiger partial charge in [-0.1, -0.05) is 12.1 Å². The van der Waals surface area contributed by atoms with Gasteiger partial charge in [0.2, 0.25) is 0 Å². The fourth-order valence-electron chi connectivity index (χ4n) is 6.00. The van der Waals surface area contributed by atoms with Crippen LogP contribution in [0.15, 0.2) is 42.0 Å². The Bertz CT molecular complexity index is 1270. The standard InChI is InChI=1S/C30H36O10/c1-5-17(14-31)19(10-27(35)38-4)11-28-39-16-30(40-28)13-20-9-26(37-3)24(34)12-21(20)29(22(30)15-32)18-6-7-23(33)25(8-18)36-2/h5-9,12,14,19,22,28-29,32-34H,10-11,13,15-16H2,1-4H3. The predicted molar refractivity (Wildman–Crippen MR) is 144 cm³/mol. The van der Waals surface area contributed by atoms with Crippen LogP contribution in [0, 0.1) is 11.8 Å². The summed E-state index contributed by atoms with van der Waals surface area (Å²) in [6, 6.07) is 8.37. The SMILES string of the molecule is CC=C(C=O)C(CC(=O)OC)CC1OCC2(Cc3cc(OC)c(O)cc3C(c3ccc(O)c(OC)c3)C2CO)O1. The first-order valence-corrected chi connectivity index (χ1v) is 13.1. The average Bonchev–Trinajstić information content (AvgIpc) is 3.35. The zero-order valence-electron chi connectivity index (χ0n) is 23.1. The van der Waals surface area contributed by atoms with Gasteiger partial charge >= 0.3 is 5.97 Å². The topological polar surface area (TPSA) is 141 Å². The second-order valence-electron chi connectivity index (χ2n) is 10.1. The maximum atomic E-state index is 12.1. The number of hydrogen-bond donors (Lipinski definition) is 3. The van der Waals surface area contributed by atoms with E-state index >= 15 is 0 Å². The van der Waals surface area contributed by atoms with Crippen molar-refractivity contribution in [3.63, 3.8) is 0 Å². The molecule has 0 saturated carbocycles. The third-order valence-electron chi connectivity index (χ3n) is 8.04. The van der Waals surface area contributed by atoms with Gasteiger partial charge in [-0.2, -0.15) is 0 Å². The van der Waals surface area contributed by atoms with Gasteiger partial charge in [0, 0.05) is 37.2 Å². The highest BCUT2D eigenvalue weighted by atomic mass is 16.7. The Morgan fingerprint density at radius 3 is 2.48 bits per heavy atom. The summed E-state index contributed by atoms with van der Waals surface area (Å²) in [6.07, 6.45) is 2.21. The van der Waals surface area contributed by atoms with Crippen LogP contribution >= 0.6 is 0 Å². The molecule has 1 aliphatic carbocycles. The fourth-order valence-corrected chi connectivity index (χ4v) is 6.00. The van der Waals surface area contributed by atoms with Crippen LogP contribution in [-0.4, -0.2) is 74.0 Å². The second-order valence-corrected chi connectivity index (χ2v) is 10.1. The lowest BCUT2D eigenvalue weighted by Gasteiger charge is -2.45. The molecule has 4 rings (SSSR count). The minimum absolute atomic E-state index is 0.0101. The van der Waals surface area contributed by atoms with Crippen LogP contribution in [0.2, 0.25) is 0 Å². The summed E-state index contributed by atoms with van der Waals surface area (Å²) in [5.41, 5.74) is 1.83. The van der Waals surface area contributed by atoms with Crippen molar-refractivity contribution in [2.75, 3.05) is 34.5 Å². The Labute approximate surface area is 233 Å². The maximum absolute atomic E-state index is 12.1. The van der Waals surface area contributed by atoms with Crippen molar-refractivity contribution < 1.29 is 48.6 Å². The summed E-state index contributed by atoms with van der Waals surface area (Å²) in [5.74, 6) is -1.40. The van der Waals surface area contributed by atoms with Crippen molar-refractivity contribution in [1.82, 2.24) is 0 Å². The number of allylic oxidation sites excluding steroid dienone is 2. The van der Waals surface area contributed by atoms with Gasteiger partial charge in [0.1, 0.15) is 11.9 Å². The number of benzene rings is 2. The zero-order chi connectivity index (χ0) is 29.0. The predicted octanol–water partition coefficient (Wildman–Crippen LogP) is 3.24. The van der Waals surface area contributed by atoms with E-state index < -0.39 is 35.6 Å². The molecule has 0 aromatic heterocycles. The molecular formula is C30H36O10. The van der Waals surface area contributed by atoms with Gasteiger partial charge in [-0.25, -0.2) is 0 Å². The summed E-state index contributed by atoms with van der Waals surface area (Å²) >= 11 is 0. The molecule has 1 saturated heterocycles. The number of aliphatic hydroxyl groups excluding tert-OH is 1. The molecule has 0 amide bonds. The number of methoxy groups -OCH3 is 3. The molecule has 10 nitrogen and oxygen atoms in total. The molecule has 1 fully saturated rings. The Morgan fingerprint density at radius 2 is 1.85 bits per heavy atom. The molecule has 3 N–H and O–H groups in total. The maximum Gasteiger partial charge on any atom is 0.306 e. The van der Waals surface area contributed by atoms with E-state index in [1.54, 1.807) is 37.3 Å². The summed E-state index contributed by atoms with van der Waals surface area (Å²) in [6.45, 7) is 1.61. The molecule has 10 heteroatoms. The molecule has 1 aliphatic heterocycles. The molecule has 2 aromatic carbocycles. The van der Waals surface area contributed by atoms with Crippen molar-refractivity contribution in [1.29, 1.82) is 0 Å². The van der Waals surface area contributed by atoms with E-state index in [1.165, 1.54) is 27.4 Å². The van der Waals surface area contributed by atoms with Gasteiger partial charge in [0.05, 0.1) is 34.4 Å². The summed E-state index contributed by atoms with van der Waals surface area (Å²) < 4.78 is 28.3. The van der Waals surface area contributed by atoms with E-state index in [-0.39, 0.29) is 43.3 Å². The number of hydrogen-bond acceptors (Lipinski definition) is 10. The number of esters is 1. The van der Waals surface area contributed by atoms with Crippen LogP contribution in [0.3, 0.4) is 0 Å². The number of rotatable bonds is 10. The Morgan fingerprint density at radius 1 is 1.12 bits per heavy atom. The van der Waals surface area contributed by atoms with Crippen LogP contribution in [0.1, 0.15) is 42.4 Å². The molecule has 2 aromatic rings. The number of aldehydes is 1. The number of phenolic OH excluding ortho intramolecular Hbond substituents is 2. The molecular weight excluding hydrogens is 520 g/mol. The highest BCUT2D eigenvalue weighted by Gasteiger charge is 2.54. The largest absolute Gasteiger partial charge is 0.504 e. The molecule has 1 spiro atoms. The van der Waals surface area contributed by atoms with Gasteiger partial charge in [-0.3, -0.25) is 9.59 Å². The Hall–Kier alpha value is -3.60. The summed E-state index contributed by atoms with van der Waals surface area (Å²) in [4.78, 5) is 23.8. The Balaban J connectivity index is 1.75. The van der Waals surface area contributed by atoms with Crippen molar-refractivity contribution in [2.24, 2.45) is 11.8 Å². The van der Waals surface area contributed by atoms with Crippen molar-refractivity contribution in [2.45, 2.75) is 44.0 Å². The van der Waals surface area contributed by atoms with Crippen LogP contribution in [0.25, 0.3) is 0 Å². The first kappa shape index (κ1) is 29.4. The van der Waals surface area contributed by atoms with Gasteiger partial charge < -0.3 is 39.0 Å². The summed E-state index contributed by atoms with van der Waals surface area (Å²) in [7, 11) is 4.22. The number of aromatic hydroxyl groups is 2. The molecule has 5 unspecified atom stereocenters. The van der Waals surface area contributed by atoms with Crippen LogP contribution in [0.4, 0.5) is 0 Å². The lowest BCUT2D eigenvalue weighted by molar-refractivity contribution is -0.144. The molecule has 1 heterocycles. The molecule has 216 valence electrons. The van der Waals surface area contributed by atoms with Gasteiger partial charge in [0.25, 0.3) is 0 Å². The van der Waals surface area contributed by atoms with E-state index in [0.29, 0.717) is 17.7 Å². The molecule has 40 heavy (non-hydrogen) atoms. The van der Waals surface area contributed by atoms with E-state index in [9.17, 15) is 24.9 Å². The number of carbonyl (C=O) groups is 2. The number of carbonyl (C=O) groups excluding carboxylic acids is 2. The lowest BCUT2D eigenvalue weighted by Crippen LogP contribution is -2.51. The van der Waals surface area contributed by atoms with E-state index in [0.717, 1.165) is 23.0 Å². The second kappa shape index (κ2) is 12.3. The van der Waals surface area contributed by atoms with Crippen molar-refractivity contribution >= 4 is 12.3 Å². The number of aliphatic hydroxyl groups is 1. The molecule has 2 aliphatic rings. The lowest BCUT2D eigenvalue weighted by atomic mass is 9.64. The minimum Gasteiger partial charge on any atom is -0.504 e. The van der Waals surface area contributed by atoms with Gasteiger partial charge in [-0.05, 0) is 53.5 Å². The number of ether oxygens (including phenoxy) is 5. The summed E-state index contributed by atoms with van der Waals surface area (Å²) in [5, 5.41) is 31.6. The average molecular weight is 557 g/mol. The third kappa shape index (κ3) is 5.52. The Kier molecular flexibility index (Phi) is 9.02. The molecule has 0 radical (unpaired) electrons. The van der Waals surface area contributed by atoms with Gasteiger partial charge in [-0.15, -0.1) is 0 Å². The zero-order valence-corrected chi connectivity index (χ0v) is 23.1. The third-order valence-corrected chi connectivity index (χ3v) is 8.04. The first-order chi connectivity index (χ1) is 19.2. The highest BCUT2D eigenvalue weighted by Crippen LogP contribution is 2.52. The first-order valence-electron chi connectivity index (χ1n) is 13.1. The van der Waals surface area contributed by atoms with E-state index in [1.807, 2.05) is 0 Å². The smallest absolute Gasteiger partial charge is 0.306 e. The molecule has 0 bridgehead atoms. The van der Waals surface area contributed by atoms with Gasteiger partial charge in [0.15, 0.2) is 29.3 Å². The molecule has 5 atom stereocenters. The number of phenols is 2. The fraction of sp³-hybridized carbons (Fsp3) is 0.467. The minimum atomic E-state index is -0.975. The van der Waals surface area contributed by atoms with E-state index in [2.05, 4.69) is 0 Å².